The third-order valence-corrected chi connectivity index (χ3v) is 6.17. The fourth-order valence-electron chi connectivity index (χ4n) is 3.46. The molecule has 0 aliphatic rings. The molecule has 5 rings (SSSR count). The van der Waals surface area contributed by atoms with E-state index < -0.39 is 0 Å². The Morgan fingerprint density at radius 3 is 2.62 bits per heavy atom. The Morgan fingerprint density at radius 1 is 0.969 bits per heavy atom. The van der Waals surface area contributed by atoms with E-state index in [1.54, 1.807) is 16.5 Å². The van der Waals surface area contributed by atoms with Crippen molar-refractivity contribution in [3.8, 4) is 11.5 Å². The lowest BCUT2D eigenvalue weighted by atomic mass is 10.2. The first-order valence-electron chi connectivity index (χ1n) is 10.2. The molecule has 0 bridgehead atoms. The van der Waals surface area contributed by atoms with Gasteiger partial charge in [-0.15, -0.1) is 0 Å². The van der Waals surface area contributed by atoms with Gasteiger partial charge in [-0.1, -0.05) is 53.3 Å². The number of fused-ring (bicyclic) bond motifs is 3. The van der Waals surface area contributed by atoms with Crippen molar-refractivity contribution in [3.05, 3.63) is 98.3 Å². The number of rotatable bonds is 7. The molecular formula is C25H19ClN2O3S. The maximum absolute atomic E-state index is 13.0. The summed E-state index contributed by atoms with van der Waals surface area (Å²) in [5, 5.41) is 0.579. The van der Waals surface area contributed by atoms with Crippen molar-refractivity contribution in [1.82, 2.24) is 9.38 Å². The molecule has 5 nitrogen and oxygen atoms in total. The monoisotopic (exact) mass is 462 g/mol. The molecule has 0 aliphatic heterocycles. The summed E-state index contributed by atoms with van der Waals surface area (Å²) >= 11 is 7.58. The van der Waals surface area contributed by atoms with Crippen LogP contribution in [0.3, 0.4) is 0 Å². The first-order valence-corrected chi connectivity index (χ1v) is 11.4. The van der Waals surface area contributed by atoms with Crippen LogP contribution in [0.1, 0.15) is 12.0 Å². The van der Waals surface area contributed by atoms with Gasteiger partial charge in [-0.2, -0.15) is 0 Å². The third kappa shape index (κ3) is 4.20. The molecule has 0 amide bonds. The summed E-state index contributed by atoms with van der Waals surface area (Å²) in [6.45, 7) is 1.04. The van der Waals surface area contributed by atoms with Gasteiger partial charge in [-0.05, 0) is 48.5 Å². The molecule has 32 heavy (non-hydrogen) atoms. The van der Waals surface area contributed by atoms with Crippen LogP contribution < -0.4 is 19.6 Å². The van der Waals surface area contributed by atoms with Crippen LogP contribution in [0, 0.1) is 0 Å². The highest BCUT2D eigenvalue weighted by Crippen LogP contribution is 2.24. The van der Waals surface area contributed by atoms with E-state index in [-0.39, 0.29) is 5.56 Å². The van der Waals surface area contributed by atoms with Gasteiger partial charge < -0.3 is 9.47 Å². The van der Waals surface area contributed by atoms with Crippen LogP contribution in [-0.4, -0.2) is 22.6 Å². The standard InChI is InChI=1S/C25H19ClN2O3S/c26-18-11-12-22(31-14-6-13-30-19-7-2-1-3-8-19)17(15-18)16-23-24(29)28-21-10-5-4-9-20(21)27-25(28)32-23/h1-5,7-12,15-16H,6,13-14H2/b23-16+. The lowest BCUT2D eigenvalue weighted by Gasteiger charge is -2.10. The average Bonchev–Trinajstić information content (AvgIpc) is 3.31. The van der Waals surface area contributed by atoms with Gasteiger partial charge in [-0.25, -0.2) is 9.38 Å². The number of benzene rings is 3. The zero-order valence-electron chi connectivity index (χ0n) is 17.0. The van der Waals surface area contributed by atoms with Crippen molar-refractivity contribution >= 4 is 45.0 Å². The number of imidazole rings is 1. The predicted octanol–water partition coefficient (Wildman–Crippen LogP) is 4.96. The Labute approximate surface area is 193 Å². The van der Waals surface area contributed by atoms with E-state index >= 15 is 0 Å². The zero-order valence-corrected chi connectivity index (χ0v) is 18.6. The van der Waals surface area contributed by atoms with Crippen molar-refractivity contribution in [1.29, 1.82) is 0 Å². The molecule has 2 heterocycles. The van der Waals surface area contributed by atoms with Crippen LogP contribution in [0.2, 0.25) is 5.02 Å². The number of halogens is 1. The molecule has 0 saturated heterocycles. The van der Waals surface area contributed by atoms with Crippen LogP contribution in [0.25, 0.3) is 22.1 Å². The topological polar surface area (TPSA) is 52.8 Å². The van der Waals surface area contributed by atoms with Gasteiger partial charge in [0.15, 0.2) is 4.96 Å². The first kappa shape index (κ1) is 20.5. The number of nitrogens with zero attached hydrogens (tertiary/aromatic N) is 2. The lowest BCUT2D eigenvalue weighted by molar-refractivity contribution is 0.247. The van der Waals surface area contributed by atoms with Crippen LogP contribution in [0.5, 0.6) is 11.5 Å². The first-order chi connectivity index (χ1) is 15.7. The molecular weight excluding hydrogens is 444 g/mol. The minimum atomic E-state index is -0.0964. The van der Waals surface area contributed by atoms with Gasteiger partial charge >= 0.3 is 0 Å². The number of ether oxygens (including phenoxy) is 2. The minimum absolute atomic E-state index is 0.0964. The summed E-state index contributed by atoms with van der Waals surface area (Å²) in [5.74, 6) is 1.51. The number of hydrogen-bond acceptors (Lipinski definition) is 5. The Bertz CT molecular complexity index is 1490. The van der Waals surface area contributed by atoms with Crippen molar-refractivity contribution in [2.24, 2.45) is 0 Å². The largest absolute Gasteiger partial charge is 0.493 e. The van der Waals surface area contributed by atoms with Crippen molar-refractivity contribution in [2.45, 2.75) is 6.42 Å². The van der Waals surface area contributed by atoms with E-state index in [4.69, 9.17) is 21.1 Å². The molecule has 7 heteroatoms. The molecule has 5 aromatic rings. The molecule has 0 unspecified atom stereocenters. The Hall–Kier alpha value is -3.35. The van der Waals surface area contributed by atoms with Gasteiger partial charge in [0, 0.05) is 17.0 Å². The zero-order chi connectivity index (χ0) is 21.9. The number of para-hydroxylation sites is 3. The van der Waals surface area contributed by atoms with Crippen molar-refractivity contribution < 1.29 is 9.47 Å². The highest BCUT2D eigenvalue weighted by molar-refractivity contribution is 7.15. The second kappa shape index (κ2) is 9.02. The van der Waals surface area contributed by atoms with Gasteiger partial charge in [0.1, 0.15) is 11.5 Å². The number of thiazole rings is 1. The quantitative estimate of drug-likeness (QED) is 0.321. The Balaban J connectivity index is 1.37. The molecule has 160 valence electrons. The van der Waals surface area contributed by atoms with Crippen LogP contribution in [0.4, 0.5) is 0 Å². The molecule has 0 saturated carbocycles. The summed E-state index contributed by atoms with van der Waals surface area (Å²) in [6, 6.07) is 22.7. The lowest BCUT2D eigenvalue weighted by Crippen LogP contribution is -2.22. The normalized spacial score (nSPS) is 12.0. The summed E-state index contributed by atoms with van der Waals surface area (Å²) < 4.78 is 13.9. The maximum Gasteiger partial charge on any atom is 0.274 e. The second-order valence-electron chi connectivity index (χ2n) is 7.18. The summed E-state index contributed by atoms with van der Waals surface area (Å²) in [5.41, 5.74) is 2.28. The summed E-state index contributed by atoms with van der Waals surface area (Å²) in [4.78, 5) is 18.3. The van der Waals surface area contributed by atoms with E-state index in [1.807, 2.05) is 66.7 Å². The van der Waals surface area contributed by atoms with Crippen LogP contribution >= 0.6 is 22.9 Å². The smallest absolute Gasteiger partial charge is 0.274 e. The average molecular weight is 463 g/mol. The van der Waals surface area contributed by atoms with E-state index in [9.17, 15) is 4.79 Å². The Kier molecular flexibility index (Phi) is 5.79. The summed E-state index contributed by atoms with van der Waals surface area (Å²) in [6.07, 6.45) is 2.54. The Morgan fingerprint density at radius 2 is 1.75 bits per heavy atom. The molecule has 0 fully saturated rings. The highest BCUT2D eigenvalue weighted by atomic mass is 35.5. The molecule has 0 atom stereocenters. The fraction of sp³-hybridized carbons (Fsp3) is 0.120. The highest BCUT2D eigenvalue weighted by Gasteiger charge is 2.11. The predicted molar refractivity (Wildman–Crippen MR) is 129 cm³/mol. The summed E-state index contributed by atoms with van der Waals surface area (Å²) in [7, 11) is 0. The minimum Gasteiger partial charge on any atom is -0.493 e. The van der Waals surface area contributed by atoms with Gasteiger partial charge in [0.05, 0.1) is 28.8 Å². The maximum atomic E-state index is 13.0. The van der Waals surface area contributed by atoms with E-state index in [0.717, 1.165) is 28.8 Å². The van der Waals surface area contributed by atoms with Crippen LogP contribution in [-0.2, 0) is 0 Å². The fourth-order valence-corrected chi connectivity index (χ4v) is 4.62. The van der Waals surface area contributed by atoms with Crippen molar-refractivity contribution in [3.63, 3.8) is 0 Å². The molecule has 0 radical (unpaired) electrons. The van der Waals surface area contributed by atoms with Gasteiger partial charge in [0.25, 0.3) is 5.56 Å². The number of hydrogen-bond donors (Lipinski definition) is 0. The van der Waals surface area contributed by atoms with Crippen LogP contribution in [0.15, 0.2) is 77.6 Å². The number of aromatic nitrogens is 2. The van der Waals surface area contributed by atoms with Gasteiger partial charge in [0.2, 0.25) is 0 Å². The van der Waals surface area contributed by atoms with E-state index in [2.05, 4.69) is 4.98 Å². The molecule has 2 aromatic heterocycles. The molecule has 3 aromatic carbocycles. The van der Waals surface area contributed by atoms with E-state index in [0.29, 0.717) is 33.5 Å². The van der Waals surface area contributed by atoms with E-state index in [1.165, 1.54) is 11.3 Å². The molecule has 0 aliphatic carbocycles. The second-order valence-corrected chi connectivity index (χ2v) is 8.63. The third-order valence-electron chi connectivity index (χ3n) is 4.96. The molecule has 0 N–H and O–H groups in total. The van der Waals surface area contributed by atoms with Gasteiger partial charge in [-0.3, -0.25) is 4.79 Å². The molecule has 0 spiro atoms. The van der Waals surface area contributed by atoms with Crippen molar-refractivity contribution in [2.75, 3.05) is 13.2 Å². The SMILES string of the molecule is O=c1/c(=C\c2cc(Cl)ccc2OCCCOc2ccccc2)sc2nc3ccccc3n12.